The van der Waals surface area contributed by atoms with Crippen molar-refractivity contribution in [2.45, 2.75) is 12.2 Å². The summed E-state index contributed by atoms with van der Waals surface area (Å²) in [6.45, 7) is 0.409. The fraction of sp³-hybridized carbons (Fsp3) is 0.500. The molecule has 0 aliphatic rings. The van der Waals surface area contributed by atoms with E-state index < -0.39 is 12.2 Å². The molecule has 0 spiro atoms. The van der Waals surface area contributed by atoms with Gasteiger partial charge in [0.05, 0.1) is 12.7 Å². The molecule has 18 heavy (non-hydrogen) atoms. The van der Waals surface area contributed by atoms with Gasteiger partial charge in [-0.25, -0.2) is 0 Å². The maximum absolute atomic E-state index is 9.62. The molecule has 0 saturated carbocycles. The summed E-state index contributed by atoms with van der Waals surface area (Å²) in [4.78, 5) is 0. The van der Waals surface area contributed by atoms with E-state index in [1.54, 1.807) is 6.07 Å². The van der Waals surface area contributed by atoms with Crippen LogP contribution in [0.5, 0.6) is 5.75 Å². The lowest BCUT2D eigenvalue weighted by Gasteiger charge is -2.14. The van der Waals surface area contributed by atoms with Crippen LogP contribution >= 0.6 is 15.9 Å². The van der Waals surface area contributed by atoms with Gasteiger partial charge in [0.2, 0.25) is 0 Å². The molecule has 0 fully saturated rings. The Morgan fingerprint density at radius 2 is 1.94 bits per heavy atom. The third-order valence-electron chi connectivity index (χ3n) is 2.21. The first-order valence-corrected chi connectivity index (χ1v) is 6.47. The van der Waals surface area contributed by atoms with E-state index in [-0.39, 0.29) is 19.8 Å². The molecule has 0 bridgehead atoms. The van der Waals surface area contributed by atoms with Crippen LogP contribution in [-0.4, -0.2) is 53.8 Å². The molecule has 1 aromatic carbocycles. The van der Waals surface area contributed by atoms with Gasteiger partial charge in [-0.1, -0.05) is 22.0 Å². The van der Waals surface area contributed by atoms with Crippen molar-refractivity contribution in [1.82, 2.24) is 5.32 Å². The molecule has 1 rings (SSSR count). The van der Waals surface area contributed by atoms with Crippen molar-refractivity contribution < 1.29 is 20.1 Å². The van der Waals surface area contributed by atoms with Gasteiger partial charge in [0.1, 0.15) is 18.5 Å². The van der Waals surface area contributed by atoms with Crippen LogP contribution in [0.2, 0.25) is 0 Å². The number of hydrogen-bond acceptors (Lipinski definition) is 5. The van der Waals surface area contributed by atoms with Gasteiger partial charge in [0, 0.05) is 17.6 Å². The first-order chi connectivity index (χ1) is 8.61. The van der Waals surface area contributed by atoms with E-state index in [1.165, 1.54) is 0 Å². The van der Waals surface area contributed by atoms with Crippen LogP contribution in [-0.2, 0) is 0 Å². The fourth-order valence-electron chi connectivity index (χ4n) is 1.29. The number of rotatable bonds is 8. The molecule has 102 valence electrons. The number of nitrogens with one attached hydrogen (secondary N) is 1. The highest BCUT2D eigenvalue weighted by molar-refractivity contribution is 9.10. The zero-order chi connectivity index (χ0) is 13.4. The summed E-state index contributed by atoms with van der Waals surface area (Å²) >= 11 is 3.33. The van der Waals surface area contributed by atoms with Gasteiger partial charge >= 0.3 is 0 Å². The van der Waals surface area contributed by atoms with Gasteiger partial charge in [0.15, 0.2) is 0 Å². The highest BCUT2D eigenvalue weighted by atomic mass is 79.9. The Morgan fingerprint density at radius 3 is 2.61 bits per heavy atom. The van der Waals surface area contributed by atoms with Gasteiger partial charge in [-0.05, 0) is 18.2 Å². The minimum absolute atomic E-state index is 0.165. The second-order valence-electron chi connectivity index (χ2n) is 3.92. The van der Waals surface area contributed by atoms with Gasteiger partial charge in [0.25, 0.3) is 0 Å². The quantitative estimate of drug-likeness (QED) is 0.547. The van der Waals surface area contributed by atoms with E-state index in [0.717, 1.165) is 4.47 Å². The summed E-state index contributed by atoms with van der Waals surface area (Å²) in [7, 11) is 0. The van der Waals surface area contributed by atoms with Crippen molar-refractivity contribution in [1.29, 1.82) is 0 Å². The Balaban J connectivity index is 2.19. The smallest absolute Gasteiger partial charge is 0.120 e. The highest BCUT2D eigenvalue weighted by Crippen LogP contribution is 2.17. The third kappa shape index (κ3) is 6.32. The predicted molar refractivity (Wildman–Crippen MR) is 71.6 cm³/mol. The van der Waals surface area contributed by atoms with Crippen LogP contribution in [0, 0.1) is 0 Å². The molecule has 1 aromatic rings. The highest BCUT2D eigenvalue weighted by Gasteiger charge is 2.07. The number of aliphatic hydroxyl groups excluding tert-OH is 3. The minimum atomic E-state index is -0.803. The molecule has 0 heterocycles. The predicted octanol–water partition coefficient (Wildman–Crippen LogP) is 0.132. The number of halogens is 1. The lowest BCUT2D eigenvalue weighted by atomic mass is 10.3. The van der Waals surface area contributed by atoms with E-state index in [4.69, 9.17) is 14.9 Å². The number of ether oxygens (including phenoxy) is 1. The van der Waals surface area contributed by atoms with E-state index >= 15 is 0 Å². The van der Waals surface area contributed by atoms with E-state index in [0.29, 0.717) is 12.3 Å². The second kappa shape index (κ2) is 8.44. The zero-order valence-corrected chi connectivity index (χ0v) is 11.5. The van der Waals surface area contributed by atoms with Crippen LogP contribution in [0.4, 0.5) is 0 Å². The summed E-state index contributed by atoms with van der Waals surface area (Å²) in [6, 6.07) is 7.36. The minimum Gasteiger partial charge on any atom is -0.491 e. The fourth-order valence-corrected chi connectivity index (χ4v) is 1.67. The molecule has 0 saturated heterocycles. The normalized spacial score (nSPS) is 14.2. The Hall–Kier alpha value is -0.660. The number of benzene rings is 1. The SMILES string of the molecule is OCC(O)CNCC(O)COc1cccc(Br)c1. The summed E-state index contributed by atoms with van der Waals surface area (Å²) in [5.41, 5.74) is 0. The van der Waals surface area contributed by atoms with E-state index in [9.17, 15) is 5.11 Å². The van der Waals surface area contributed by atoms with Crippen molar-refractivity contribution in [3.05, 3.63) is 28.7 Å². The first-order valence-electron chi connectivity index (χ1n) is 5.68. The van der Waals surface area contributed by atoms with E-state index in [2.05, 4.69) is 21.2 Å². The third-order valence-corrected chi connectivity index (χ3v) is 2.70. The van der Waals surface area contributed by atoms with Crippen LogP contribution < -0.4 is 10.1 Å². The van der Waals surface area contributed by atoms with Crippen molar-refractivity contribution in [2.75, 3.05) is 26.3 Å². The van der Waals surface area contributed by atoms with Gasteiger partial charge < -0.3 is 25.4 Å². The number of aliphatic hydroxyl groups is 3. The van der Waals surface area contributed by atoms with Gasteiger partial charge in [-0.15, -0.1) is 0 Å². The van der Waals surface area contributed by atoms with Crippen molar-refractivity contribution in [3.8, 4) is 5.75 Å². The zero-order valence-electron chi connectivity index (χ0n) is 9.92. The van der Waals surface area contributed by atoms with E-state index in [1.807, 2.05) is 18.2 Å². The summed E-state index contributed by atoms with van der Waals surface area (Å²) < 4.78 is 6.32. The molecule has 4 N–H and O–H groups in total. The van der Waals surface area contributed by atoms with Crippen LogP contribution in [0.15, 0.2) is 28.7 Å². The lowest BCUT2D eigenvalue weighted by molar-refractivity contribution is 0.0795. The molecule has 0 amide bonds. The van der Waals surface area contributed by atoms with Gasteiger partial charge in [-0.3, -0.25) is 0 Å². The molecule has 0 aliphatic carbocycles. The van der Waals surface area contributed by atoms with Crippen LogP contribution in [0.3, 0.4) is 0 Å². The molecule has 2 atom stereocenters. The Bertz CT molecular complexity index is 351. The Kier molecular flexibility index (Phi) is 7.22. The summed E-state index contributed by atoms with van der Waals surface area (Å²) in [6.07, 6.45) is -1.47. The van der Waals surface area contributed by atoms with Crippen LogP contribution in [0.1, 0.15) is 0 Å². The monoisotopic (exact) mass is 319 g/mol. The average Bonchev–Trinajstić information content (AvgIpc) is 2.36. The molecule has 5 nitrogen and oxygen atoms in total. The summed E-state index contributed by atoms with van der Waals surface area (Å²) in [5, 5.41) is 30.1. The molecular weight excluding hydrogens is 302 g/mol. The van der Waals surface area contributed by atoms with Gasteiger partial charge in [-0.2, -0.15) is 0 Å². The van der Waals surface area contributed by atoms with Crippen molar-refractivity contribution in [2.24, 2.45) is 0 Å². The van der Waals surface area contributed by atoms with Crippen LogP contribution in [0.25, 0.3) is 0 Å². The second-order valence-corrected chi connectivity index (χ2v) is 4.83. The molecular formula is C12H18BrNO4. The standard InChI is InChI=1S/C12H18BrNO4/c13-9-2-1-3-12(4-9)18-8-11(17)6-14-5-10(16)7-15/h1-4,10-11,14-17H,5-8H2. The molecule has 0 aliphatic heterocycles. The first kappa shape index (κ1) is 15.4. The molecule has 0 aromatic heterocycles. The maximum Gasteiger partial charge on any atom is 0.120 e. The average molecular weight is 320 g/mol. The van der Waals surface area contributed by atoms with Crippen molar-refractivity contribution in [3.63, 3.8) is 0 Å². The molecule has 0 radical (unpaired) electrons. The van der Waals surface area contributed by atoms with Crippen molar-refractivity contribution >= 4 is 15.9 Å². The largest absolute Gasteiger partial charge is 0.491 e. The molecule has 6 heteroatoms. The molecule has 2 unspecified atom stereocenters. The number of hydrogen-bond donors (Lipinski definition) is 4. The Labute approximate surface area is 115 Å². The lowest BCUT2D eigenvalue weighted by Crippen LogP contribution is -2.37. The topological polar surface area (TPSA) is 82.0 Å². The Morgan fingerprint density at radius 1 is 1.22 bits per heavy atom. The summed E-state index contributed by atoms with van der Waals surface area (Å²) in [5.74, 6) is 0.679. The maximum atomic E-state index is 9.62.